The summed E-state index contributed by atoms with van der Waals surface area (Å²) in [7, 11) is 0. The van der Waals surface area contributed by atoms with Gasteiger partial charge < -0.3 is 9.80 Å². The first kappa shape index (κ1) is 17.6. The van der Waals surface area contributed by atoms with Gasteiger partial charge in [-0.05, 0) is 49.7 Å². The summed E-state index contributed by atoms with van der Waals surface area (Å²) in [4.78, 5) is 20.2. The molecule has 3 heterocycles. The zero-order chi connectivity index (χ0) is 18.3. The van der Waals surface area contributed by atoms with Crippen LogP contribution in [0, 0.1) is 17.8 Å². The van der Waals surface area contributed by atoms with Crippen molar-refractivity contribution in [3.8, 4) is 0 Å². The SMILES string of the molecule is O=C(C1CCN(c2ccnc(C(F)(F)F)c2)CC1)N1CC2CCCC2C1. The summed E-state index contributed by atoms with van der Waals surface area (Å²) in [5.74, 6) is 1.65. The molecule has 4 rings (SSSR count). The van der Waals surface area contributed by atoms with E-state index in [4.69, 9.17) is 0 Å². The number of aromatic nitrogens is 1. The molecule has 1 saturated carbocycles. The maximum absolute atomic E-state index is 12.8. The molecule has 1 aromatic rings. The lowest BCUT2D eigenvalue weighted by Crippen LogP contribution is -2.42. The van der Waals surface area contributed by atoms with Gasteiger partial charge in [-0.3, -0.25) is 9.78 Å². The van der Waals surface area contributed by atoms with Crippen LogP contribution in [0.2, 0.25) is 0 Å². The molecule has 1 aliphatic carbocycles. The smallest absolute Gasteiger partial charge is 0.371 e. The van der Waals surface area contributed by atoms with E-state index in [1.165, 1.54) is 25.5 Å². The van der Waals surface area contributed by atoms with Crippen molar-refractivity contribution < 1.29 is 18.0 Å². The molecule has 4 nitrogen and oxygen atoms in total. The molecule has 2 saturated heterocycles. The van der Waals surface area contributed by atoms with E-state index in [0.717, 1.165) is 19.2 Å². The van der Waals surface area contributed by atoms with Crippen molar-refractivity contribution >= 4 is 11.6 Å². The number of nitrogens with zero attached hydrogens (tertiary/aromatic N) is 3. The van der Waals surface area contributed by atoms with Gasteiger partial charge in [0, 0.05) is 44.0 Å². The molecule has 1 amide bonds. The van der Waals surface area contributed by atoms with Gasteiger partial charge in [-0.2, -0.15) is 13.2 Å². The van der Waals surface area contributed by atoms with Gasteiger partial charge in [0.2, 0.25) is 5.91 Å². The Kier molecular flexibility index (Phi) is 4.57. The predicted octanol–water partition coefficient (Wildman–Crippen LogP) is 3.58. The number of halogens is 3. The number of rotatable bonds is 2. The van der Waals surface area contributed by atoms with E-state index in [0.29, 0.717) is 43.5 Å². The topological polar surface area (TPSA) is 36.4 Å². The fraction of sp³-hybridized carbons (Fsp3) is 0.684. The summed E-state index contributed by atoms with van der Waals surface area (Å²) in [6.45, 7) is 3.03. The van der Waals surface area contributed by atoms with Crippen molar-refractivity contribution in [3.63, 3.8) is 0 Å². The first-order chi connectivity index (χ1) is 12.4. The molecule has 0 radical (unpaired) electrons. The van der Waals surface area contributed by atoms with Crippen LogP contribution < -0.4 is 4.90 Å². The van der Waals surface area contributed by atoms with Crippen molar-refractivity contribution in [3.05, 3.63) is 24.0 Å². The summed E-state index contributed by atoms with van der Waals surface area (Å²) in [6, 6.07) is 2.71. The molecule has 26 heavy (non-hydrogen) atoms. The van der Waals surface area contributed by atoms with E-state index in [2.05, 4.69) is 4.98 Å². The molecule has 0 spiro atoms. The zero-order valence-corrected chi connectivity index (χ0v) is 14.7. The Morgan fingerprint density at radius 3 is 2.35 bits per heavy atom. The highest BCUT2D eigenvalue weighted by atomic mass is 19.4. The number of alkyl halides is 3. The minimum atomic E-state index is -4.43. The van der Waals surface area contributed by atoms with Crippen molar-refractivity contribution in [2.24, 2.45) is 17.8 Å². The van der Waals surface area contributed by atoms with E-state index in [-0.39, 0.29) is 11.8 Å². The first-order valence-corrected chi connectivity index (χ1v) is 9.49. The lowest BCUT2D eigenvalue weighted by Gasteiger charge is -2.34. The van der Waals surface area contributed by atoms with Crippen LogP contribution in [0.3, 0.4) is 0 Å². The zero-order valence-electron chi connectivity index (χ0n) is 14.7. The molecule has 0 bridgehead atoms. The summed E-state index contributed by atoms with van der Waals surface area (Å²) < 4.78 is 38.5. The maximum Gasteiger partial charge on any atom is 0.433 e. The second-order valence-corrected chi connectivity index (χ2v) is 7.85. The van der Waals surface area contributed by atoms with Gasteiger partial charge in [0.05, 0.1) is 0 Å². The van der Waals surface area contributed by atoms with Crippen LogP contribution >= 0.6 is 0 Å². The van der Waals surface area contributed by atoms with Crippen molar-refractivity contribution in [1.82, 2.24) is 9.88 Å². The Labute approximate surface area is 151 Å². The van der Waals surface area contributed by atoms with Gasteiger partial charge in [0.15, 0.2) is 0 Å². The van der Waals surface area contributed by atoms with Crippen LogP contribution in [-0.4, -0.2) is 42.0 Å². The molecule has 1 aromatic heterocycles. The molecular weight excluding hydrogens is 343 g/mol. The lowest BCUT2D eigenvalue weighted by molar-refractivity contribution is -0.141. The molecule has 142 valence electrons. The van der Waals surface area contributed by atoms with Crippen molar-refractivity contribution in [1.29, 1.82) is 0 Å². The predicted molar refractivity (Wildman–Crippen MR) is 91.6 cm³/mol. The molecule has 7 heteroatoms. The van der Waals surface area contributed by atoms with Gasteiger partial charge in [0.25, 0.3) is 0 Å². The number of carbonyl (C=O) groups excluding carboxylic acids is 1. The fourth-order valence-corrected chi connectivity index (χ4v) is 4.83. The molecule has 0 N–H and O–H groups in total. The molecular formula is C19H24F3N3O. The van der Waals surface area contributed by atoms with Crippen LogP contribution in [0.15, 0.2) is 18.3 Å². The maximum atomic E-state index is 12.8. The number of amides is 1. The monoisotopic (exact) mass is 367 g/mol. The number of likely N-dealkylation sites (tertiary alicyclic amines) is 1. The first-order valence-electron chi connectivity index (χ1n) is 9.49. The second-order valence-electron chi connectivity index (χ2n) is 7.85. The number of carbonyl (C=O) groups is 1. The third-order valence-electron chi connectivity index (χ3n) is 6.28. The van der Waals surface area contributed by atoms with Crippen molar-refractivity contribution in [2.75, 3.05) is 31.1 Å². The molecule has 3 fully saturated rings. The summed E-state index contributed by atoms with van der Waals surface area (Å²) in [5.41, 5.74) is -0.328. The van der Waals surface area contributed by atoms with E-state index < -0.39 is 11.9 Å². The standard InChI is InChI=1S/C19H24F3N3O/c20-19(21,22)17-10-16(4-7-23-17)24-8-5-13(6-9-24)18(26)25-11-14-2-1-3-15(14)12-25/h4,7,10,13-15H,1-3,5-6,8-9,11-12H2. The summed E-state index contributed by atoms with van der Waals surface area (Å²) in [6.07, 6.45) is 1.97. The normalized spacial score (nSPS) is 27.0. The number of hydrogen-bond acceptors (Lipinski definition) is 3. The largest absolute Gasteiger partial charge is 0.433 e. The molecule has 0 aromatic carbocycles. The van der Waals surface area contributed by atoms with Gasteiger partial charge in [-0.15, -0.1) is 0 Å². The Bertz CT molecular complexity index is 658. The van der Waals surface area contributed by atoms with Gasteiger partial charge in [-0.1, -0.05) is 6.42 Å². The van der Waals surface area contributed by atoms with Gasteiger partial charge in [0.1, 0.15) is 5.69 Å². The number of fused-ring (bicyclic) bond motifs is 1. The highest BCUT2D eigenvalue weighted by Crippen LogP contribution is 2.39. The van der Waals surface area contributed by atoms with Crippen LogP contribution in [-0.2, 0) is 11.0 Å². The van der Waals surface area contributed by atoms with E-state index in [9.17, 15) is 18.0 Å². The average Bonchev–Trinajstić information content (AvgIpc) is 3.23. The van der Waals surface area contributed by atoms with E-state index >= 15 is 0 Å². The summed E-state index contributed by atoms with van der Waals surface area (Å²) in [5, 5.41) is 0. The third kappa shape index (κ3) is 3.40. The number of piperidine rings is 1. The highest BCUT2D eigenvalue weighted by molar-refractivity contribution is 5.79. The quantitative estimate of drug-likeness (QED) is 0.802. The average molecular weight is 367 g/mol. The molecule has 2 unspecified atom stereocenters. The molecule has 2 aliphatic heterocycles. The van der Waals surface area contributed by atoms with E-state index in [1.807, 2.05) is 9.80 Å². The van der Waals surface area contributed by atoms with Crippen LogP contribution in [0.1, 0.15) is 37.8 Å². The minimum Gasteiger partial charge on any atom is -0.371 e. The minimum absolute atomic E-state index is 0.00833. The Balaban J connectivity index is 1.35. The second kappa shape index (κ2) is 6.74. The Morgan fingerprint density at radius 2 is 1.73 bits per heavy atom. The number of hydrogen-bond donors (Lipinski definition) is 0. The van der Waals surface area contributed by atoms with E-state index in [1.54, 1.807) is 6.07 Å². The van der Waals surface area contributed by atoms with Gasteiger partial charge >= 0.3 is 6.18 Å². The molecule has 3 aliphatic rings. The Hall–Kier alpha value is -1.79. The van der Waals surface area contributed by atoms with Gasteiger partial charge in [-0.25, -0.2) is 0 Å². The lowest BCUT2D eigenvalue weighted by atomic mass is 9.95. The fourth-order valence-electron chi connectivity index (χ4n) is 4.83. The highest BCUT2D eigenvalue weighted by Gasteiger charge is 2.40. The Morgan fingerprint density at radius 1 is 1.08 bits per heavy atom. The molecule has 2 atom stereocenters. The van der Waals surface area contributed by atoms with Crippen LogP contribution in [0.5, 0.6) is 0 Å². The number of anilines is 1. The third-order valence-corrected chi connectivity index (χ3v) is 6.28. The van der Waals surface area contributed by atoms with Crippen LogP contribution in [0.25, 0.3) is 0 Å². The van der Waals surface area contributed by atoms with Crippen LogP contribution in [0.4, 0.5) is 18.9 Å². The van der Waals surface area contributed by atoms with Crippen molar-refractivity contribution in [2.45, 2.75) is 38.3 Å². The number of pyridine rings is 1. The summed E-state index contributed by atoms with van der Waals surface area (Å²) >= 11 is 0.